The number of halogens is 2. The highest BCUT2D eigenvalue weighted by molar-refractivity contribution is 5.99. The standard InChI is InChI=1S/C17H19FN4O2.ClH/c1-21-10-12(16(19)23)8-14(21)17(24)22-6-5-20-9-15(22)11-3-2-4-13(18)7-11;/h2-4,7-8,10,15,20H,5-6,9H2,1H3,(H2,19,23);1H. The van der Waals surface area contributed by atoms with E-state index in [0.29, 0.717) is 30.9 Å². The van der Waals surface area contributed by atoms with Crippen molar-refractivity contribution in [1.29, 1.82) is 0 Å². The van der Waals surface area contributed by atoms with Crippen LogP contribution >= 0.6 is 12.4 Å². The summed E-state index contributed by atoms with van der Waals surface area (Å²) >= 11 is 0. The van der Waals surface area contributed by atoms with Crippen molar-refractivity contribution in [2.45, 2.75) is 6.04 Å². The van der Waals surface area contributed by atoms with Crippen LogP contribution in [0.3, 0.4) is 0 Å². The zero-order chi connectivity index (χ0) is 17.3. The number of nitrogens with zero attached hydrogens (tertiary/aromatic N) is 2. The van der Waals surface area contributed by atoms with Crippen LogP contribution in [-0.4, -0.2) is 40.9 Å². The molecule has 8 heteroatoms. The summed E-state index contributed by atoms with van der Waals surface area (Å²) in [7, 11) is 1.69. The fourth-order valence-electron chi connectivity index (χ4n) is 3.02. The molecule has 1 unspecified atom stereocenters. The number of carbonyl (C=O) groups is 2. The number of nitrogens with one attached hydrogen (secondary N) is 1. The Bertz CT molecular complexity index is 793. The first kappa shape index (κ1) is 19.0. The highest BCUT2D eigenvalue weighted by atomic mass is 35.5. The van der Waals surface area contributed by atoms with Crippen molar-refractivity contribution >= 4 is 24.2 Å². The predicted molar refractivity (Wildman–Crippen MR) is 94.2 cm³/mol. The molecule has 1 aliphatic rings. The lowest BCUT2D eigenvalue weighted by Crippen LogP contribution is -2.49. The van der Waals surface area contributed by atoms with Gasteiger partial charge < -0.3 is 20.5 Å². The van der Waals surface area contributed by atoms with Crippen molar-refractivity contribution in [1.82, 2.24) is 14.8 Å². The zero-order valence-electron chi connectivity index (χ0n) is 13.7. The topological polar surface area (TPSA) is 80.4 Å². The third-order valence-electron chi connectivity index (χ3n) is 4.25. The lowest BCUT2D eigenvalue weighted by atomic mass is 10.0. The van der Waals surface area contributed by atoms with Gasteiger partial charge in [0.2, 0.25) is 5.91 Å². The summed E-state index contributed by atoms with van der Waals surface area (Å²) in [6, 6.07) is 7.49. The van der Waals surface area contributed by atoms with Crippen LogP contribution in [0, 0.1) is 5.82 Å². The van der Waals surface area contributed by atoms with E-state index in [1.54, 1.807) is 28.6 Å². The van der Waals surface area contributed by atoms with Crippen LogP contribution in [0.25, 0.3) is 0 Å². The molecular formula is C17H20ClFN4O2. The monoisotopic (exact) mass is 366 g/mol. The van der Waals surface area contributed by atoms with Crippen LogP contribution in [0.15, 0.2) is 36.5 Å². The van der Waals surface area contributed by atoms with Crippen LogP contribution in [-0.2, 0) is 7.05 Å². The molecule has 2 heterocycles. The summed E-state index contributed by atoms with van der Waals surface area (Å²) in [4.78, 5) is 26.0. The second kappa shape index (κ2) is 7.67. The molecule has 1 saturated heterocycles. The van der Waals surface area contributed by atoms with E-state index in [-0.39, 0.29) is 30.2 Å². The molecule has 1 aromatic heterocycles. The quantitative estimate of drug-likeness (QED) is 0.863. The Balaban J connectivity index is 0.00000225. The lowest BCUT2D eigenvalue weighted by Gasteiger charge is -2.36. The van der Waals surface area contributed by atoms with Crippen LogP contribution in [0.4, 0.5) is 4.39 Å². The molecule has 2 aromatic rings. The molecule has 0 bridgehead atoms. The highest BCUT2D eigenvalue weighted by Crippen LogP contribution is 2.25. The van der Waals surface area contributed by atoms with Crippen molar-refractivity contribution in [2.75, 3.05) is 19.6 Å². The van der Waals surface area contributed by atoms with Crippen molar-refractivity contribution in [3.63, 3.8) is 0 Å². The average molecular weight is 367 g/mol. The van der Waals surface area contributed by atoms with Crippen LogP contribution in [0.1, 0.15) is 32.5 Å². The van der Waals surface area contributed by atoms with E-state index in [1.165, 1.54) is 24.4 Å². The predicted octanol–water partition coefficient (Wildman–Crippen LogP) is 1.47. The molecule has 25 heavy (non-hydrogen) atoms. The van der Waals surface area contributed by atoms with Gasteiger partial charge in [-0.1, -0.05) is 12.1 Å². The summed E-state index contributed by atoms with van der Waals surface area (Å²) in [5.41, 5.74) is 6.69. The first-order valence-corrected chi connectivity index (χ1v) is 7.70. The molecule has 1 fully saturated rings. The molecule has 0 saturated carbocycles. The van der Waals surface area contributed by atoms with Gasteiger partial charge in [-0.15, -0.1) is 12.4 Å². The molecule has 3 rings (SSSR count). The van der Waals surface area contributed by atoms with Gasteiger partial charge in [0.15, 0.2) is 0 Å². The minimum atomic E-state index is -0.577. The normalized spacial score (nSPS) is 17.0. The van der Waals surface area contributed by atoms with E-state index in [4.69, 9.17) is 5.73 Å². The maximum atomic E-state index is 13.6. The van der Waals surface area contributed by atoms with Gasteiger partial charge in [0.1, 0.15) is 11.5 Å². The first-order valence-electron chi connectivity index (χ1n) is 7.70. The smallest absolute Gasteiger partial charge is 0.271 e. The zero-order valence-corrected chi connectivity index (χ0v) is 14.6. The molecule has 2 amide bonds. The third-order valence-corrected chi connectivity index (χ3v) is 4.25. The van der Waals surface area contributed by atoms with Gasteiger partial charge in [-0.25, -0.2) is 4.39 Å². The SMILES string of the molecule is Cl.Cn1cc(C(N)=O)cc1C(=O)N1CCNCC1c1cccc(F)c1. The van der Waals surface area contributed by atoms with Gasteiger partial charge in [-0.05, 0) is 23.8 Å². The number of primary amides is 1. The maximum absolute atomic E-state index is 13.6. The Morgan fingerprint density at radius 3 is 2.72 bits per heavy atom. The minimum absolute atomic E-state index is 0. The number of aryl methyl sites for hydroxylation is 1. The Labute approximate surface area is 151 Å². The number of rotatable bonds is 3. The summed E-state index contributed by atoms with van der Waals surface area (Å²) in [6.45, 7) is 1.70. The van der Waals surface area contributed by atoms with Crippen LogP contribution in [0.5, 0.6) is 0 Å². The molecule has 1 atom stereocenters. The largest absolute Gasteiger partial charge is 0.366 e. The van der Waals surface area contributed by atoms with E-state index in [0.717, 1.165) is 5.56 Å². The summed E-state index contributed by atoms with van der Waals surface area (Å²) < 4.78 is 15.1. The van der Waals surface area contributed by atoms with Crippen LogP contribution in [0.2, 0.25) is 0 Å². The fourth-order valence-corrected chi connectivity index (χ4v) is 3.02. The van der Waals surface area contributed by atoms with Gasteiger partial charge in [0.05, 0.1) is 11.6 Å². The Morgan fingerprint density at radius 2 is 2.08 bits per heavy atom. The maximum Gasteiger partial charge on any atom is 0.271 e. The summed E-state index contributed by atoms with van der Waals surface area (Å²) in [6.07, 6.45) is 1.54. The van der Waals surface area contributed by atoms with Crippen molar-refractivity contribution in [2.24, 2.45) is 12.8 Å². The molecule has 0 aliphatic carbocycles. The first-order chi connectivity index (χ1) is 11.5. The van der Waals surface area contributed by atoms with Gasteiger partial charge >= 0.3 is 0 Å². The second-order valence-electron chi connectivity index (χ2n) is 5.86. The molecular weight excluding hydrogens is 347 g/mol. The van der Waals surface area contributed by atoms with Crippen molar-refractivity contribution < 1.29 is 14.0 Å². The highest BCUT2D eigenvalue weighted by Gasteiger charge is 2.30. The van der Waals surface area contributed by atoms with E-state index in [1.807, 2.05) is 0 Å². The number of amides is 2. The third kappa shape index (κ3) is 3.83. The Morgan fingerprint density at radius 1 is 1.32 bits per heavy atom. The Kier molecular flexibility index (Phi) is 5.81. The molecule has 0 spiro atoms. The number of piperazine rings is 1. The van der Waals surface area contributed by atoms with E-state index >= 15 is 0 Å². The number of nitrogens with two attached hydrogens (primary N) is 1. The molecule has 134 valence electrons. The minimum Gasteiger partial charge on any atom is -0.366 e. The lowest BCUT2D eigenvalue weighted by molar-refractivity contribution is 0.0624. The second-order valence-corrected chi connectivity index (χ2v) is 5.86. The number of hydrogen-bond donors (Lipinski definition) is 2. The van der Waals surface area contributed by atoms with Crippen molar-refractivity contribution in [3.8, 4) is 0 Å². The van der Waals surface area contributed by atoms with Crippen LogP contribution < -0.4 is 11.1 Å². The van der Waals surface area contributed by atoms with Gasteiger partial charge in [0.25, 0.3) is 5.91 Å². The molecule has 6 nitrogen and oxygen atoms in total. The average Bonchev–Trinajstić information content (AvgIpc) is 2.96. The van der Waals surface area contributed by atoms with Gasteiger partial charge in [0, 0.05) is 32.9 Å². The number of aromatic nitrogens is 1. The van der Waals surface area contributed by atoms with Gasteiger partial charge in [-0.2, -0.15) is 0 Å². The van der Waals surface area contributed by atoms with E-state index in [9.17, 15) is 14.0 Å². The number of benzene rings is 1. The number of hydrogen-bond acceptors (Lipinski definition) is 3. The molecule has 1 aromatic carbocycles. The van der Waals surface area contributed by atoms with E-state index in [2.05, 4.69) is 5.32 Å². The van der Waals surface area contributed by atoms with E-state index < -0.39 is 5.91 Å². The number of carbonyl (C=O) groups excluding carboxylic acids is 2. The molecule has 1 aliphatic heterocycles. The Hall–Kier alpha value is -2.38. The van der Waals surface area contributed by atoms with Crippen molar-refractivity contribution in [3.05, 3.63) is 59.2 Å². The summed E-state index contributed by atoms with van der Waals surface area (Å²) in [5.74, 6) is -1.12. The fraction of sp³-hybridized carbons (Fsp3) is 0.294. The molecule has 0 radical (unpaired) electrons. The molecule has 3 N–H and O–H groups in total. The summed E-state index contributed by atoms with van der Waals surface area (Å²) in [5, 5.41) is 3.23. The van der Waals surface area contributed by atoms with Gasteiger partial charge in [-0.3, -0.25) is 9.59 Å².